The number of nitrogens with zero attached hydrogens (tertiary/aromatic N) is 1. The number of aliphatic hydroxyl groups is 1. The highest BCUT2D eigenvalue weighted by Crippen LogP contribution is 2.52. The summed E-state index contributed by atoms with van der Waals surface area (Å²) in [5, 5.41) is 20.2. The highest BCUT2D eigenvalue weighted by atomic mass is 16.5. The van der Waals surface area contributed by atoms with Crippen LogP contribution in [0.5, 0.6) is 5.75 Å². The number of fused-ring (bicyclic) bond motifs is 1. The van der Waals surface area contributed by atoms with E-state index in [9.17, 15) is 15.0 Å². The Morgan fingerprint density at radius 2 is 2.08 bits per heavy atom. The van der Waals surface area contributed by atoms with Crippen molar-refractivity contribution in [2.75, 3.05) is 0 Å². The molecule has 0 bridgehead atoms. The summed E-state index contributed by atoms with van der Waals surface area (Å²) >= 11 is 0. The van der Waals surface area contributed by atoms with Crippen molar-refractivity contribution in [1.82, 2.24) is 4.98 Å². The molecule has 0 spiro atoms. The number of nitrogens with two attached hydrogens (primary N) is 1. The summed E-state index contributed by atoms with van der Waals surface area (Å²) in [7, 11) is 0. The van der Waals surface area contributed by atoms with Gasteiger partial charge >= 0.3 is 5.97 Å². The average Bonchev–Trinajstić information content (AvgIpc) is 3.13. The summed E-state index contributed by atoms with van der Waals surface area (Å²) in [4.78, 5) is 15.9. The fraction of sp³-hybridized carbons (Fsp3) is 0.684. The van der Waals surface area contributed by atoms with Gasteiger partial charge in [0.05, 0.1) is 6.10 Å². The van der Waals surface area contributed by atoms with Gasteiger partial charge < -0.3 is 20.7 Å². The lowest BCUT2D eigenvalue weighted by Crippen LogP contribution is -2.56. The van der Waals surface area contributed by atoms with Crippen LogP contribution in [0.3, 0.4) is 0 Å². The molecule has 2 fully saturated rings. The van der Waals surface area contributed by atoms with E-state index in [2.05, 4.69) is 4.98 Å². The van der Waals surface area contributed by atoms with Crippen LogP contribution < -0.4 is 10.5 Å². The minimum absolute atomic E-state index is 0.136. The van der Waals surface area contributed by atoms with E-state index in [-0.39, 0.29) is 18.4 Å². The number of carboxylic acids is 1. The van der Waals surface area contributed by atoms with Gasteiger partial charge in [0.25, 0.3) is 0 Å². The molecule has 0 aliphatic heterocycles. The van der Waals surface area contributed by atoms with E-state index < -0.39 is 17.6 Å². The molecule has 5 atom stereocenters. The van der Waals surface area contributed by atoms with Gasteiger partial charge in [-0.25, -0.2) is 4.79 Å². The molecule has 25 heavy (non-hydrogen) atoms. The number of ether oxygens (including phenoxy) is 1. The Bertz CT molecular complexity index is 626. The molecule has 6 heteroatoms. The second-order valence-corrected chi connectivity index (χ2v) is 8.09. The average molecular weight is 348 g/mol. The molecule has 138 valence electrons. The molecule has 3 rings (SSSR count). The third kappa shape index (κ3) is 4.12. The number of carboxylic acid groups (broad SMARTS) is 1. The van der Waals surface area contributed by atoms with E-state index in [1.807, 2.05) is 13.8 Å². The molecule has 1 aromatic rings. The Morgan fingerprint density at radius 3 is 2.68 bits per heavy atom. The van der Waals surface area contributed by atoms with Gasteiger partial charge in [-0.3, -0.25) is 4.98 Å². The Hall–Kier alpha value is -1.66. The quantitative estimate of drug-likeness (QED) is 0.663. The Balaban J connectivity index is 1.69. The Labute approximate surface area is 148 Å². The van der Waals surface area contributed by atoms with E-state index in [4.69, 9.17) is 10.5 Å². The summed E-state index contributed by atoms with van der Waals surface area (Å²) in [6.07, 6.45) is 5.65. The van der Waals surface area contributed by atoms with Crippen LogP contribution in [-0.4, -0.2) is 38.9 Å². The van der Waals surface area contributed by atoms with Gasteiger partial charge in [0.15, 0.2) is 5.60 Å². The molecule has 0 amide bonds. The lowest BCUT2D eigenvalue weighted by Gasteiger charge is -2.30. The number of pyridine rings is 1. The van der Waals surface area contributed by atoms with Gasteiger partial charge in [-0.2, -0.15) is 0 Å². The molecule has 4 N–H and O–H groups in total. The standard InChI is InChI=1S/C19H28N2O4/c1-11(2)5-17(20)19(24,18(22)23)10-14-9-15(3-4-21-14)25-16-7-12-6-13(12)8-16/h3-4,9,11-13,16-17,24H,5-8,10,20H2,1-2H3,(H,22,23)/t12-,13+,16?,17-,19+/m0/s1. The summed E-state index contributed by atoms with van der Waals surface area (Å²) in [5.41, 5.74) is 4.44. The first-order chi connectivity index (χ1) is 11.8. The predicted molar refractivity (Wildman–Crippen MR) is 93.2 cm³/mol. The van der Waals surface area contributed by atoms with Crippen LogP contribution >= 0.6 is 0 Å². The predicted octanol–water partition coefficient (Wildman–Crippen LogP) is 1.99. The zero-order valence-corrected chi connectivity index (χ0v) is 14.9. The number of carbonyl (C=O) groups is 1. The Kier molecular flexibility index (Phi) is 5.02. The smallest absolute Gasteiger partial charge is 0.337 e. The van der Waals surface area contributed by atoms with Crippen molar-refractivity contribution in [3.8, 4) is 5.75 Å². The van der Waals surface area contributed by atoms with Crippen LogP contribution in [0.15, 0.2) is 18.3 Å². The zero-order chi connectivity index (χ0) is 18.2. The molecule has 0 radical (unpaired) electrons. The Morgan fingerprint density at radius 1 is 1.40 bits per heavy atom. The number of aromatic nitrogens is 1. The maximum absolute atomic E-state index is 11.7. The number of hydrogen-bond acceptors (Lipinski definition) is 5. The molecule has 6 nitrogen and oxygen atoms in total. The van der Waals surface area contributed by atoms with E-state index in [0.717, 1.165) is 24.7 Å². The van der Waals surface area contributed by atoms with Gasteiger partial charge in [-0.1, -0.05) is 13.8 Å². The SMILES string of the molecule is CC(C)C[C@H](N)[C@](O)(Cc1cc(OC2C[C@@H]3C[C@@H]3C2)ccn1)C(=O)O. The van der Waals surface area contributed by atoms with Crippen molar-refractivity contribution < 1.29 is 19.7 Å². The minimum Gasteiger partial charge on any atom is -0.490 e. The van der Waals surface area contributed by atoms with Crippen molar-refractivity contribution in [3.63, 3.8) is 0 Å². The van der Waals surface area contributed by atoms with Crippen LogP contribution in [0, 0.1) is 17.8 Å². The highest BCUT2D eigenvalue weighted by molar-refractivity contribution is 5.78. The fourth-order valence-electron chi connectivity index (χ4n) is 3.92. The van der Waals surface area contributed by atoms with Gasteiger partial charge in [-0.15, -0.1) is 0 Å². The fourth-order valence-corrected chi connectivity index (χ4v) is 3.92. The zero-order valence-electron chi connectivity index (χ0n) is 14.9. The van der Waals surface area contributed by atoms with Crippen LogP contribution in [0.25, 0.3) is 0 Å². The summed E-state index contributed by atoms with van der Waals surface area (Å²) in [6.45, 7) is 3.89. The van der Waals surface area contributed by atoms with Gasteiger partial charge in [0.2, 0.25) is 0 Å². The summed E-state index contributed by atoms with van der Waals surface area (Å²) in [5.74, 6) is 1.22. The minimum atomic E-state index is -2.04. The first-order valence-corrected chi connectivity index (χ1v) is 9.11. The second-order valence-electron chi connectivity index (χ2n) is 8.09. The van der Waals surface area contributed by atoms with Gasteiger partial charge in [0.1, 0.15) is 5.75 Å². The molecule has 2 saturated carbocycles. The van der Waals surface area contributed by atoms with E-state index in [1.165, 1.54) is 6.42 Å². The van der Waals surface area contributed by atoms with Crippen molar-refractivity contribution in [1.29, 1.82) is 0 Å². The highest BCUT2D eigenvalue weighted by Gasteiger charge is 2.47. The third-order valence-corrected chi connectivity index (χ3v) is 5.45. The number of hydrogen-bond donors (Lipinski definition) is 3. The van der Waals surface area contributed by atoms with Crippen LogP contribution in [0.4, 0.5) is 0 Å². The first kappa shape index (κ1) is 18.1. The second kappa shape index (κ2) is 6.92. The van der Waals surface area contributed by atoms with E-state index in [1.54, 1.807) is 18.3 Å². The normalized spacial score (nSPS) is 28.3. The van der Waals surface area contributed by atoms with Gasteiger partial charge in [-0.05, 0) is 49.5 Å². The molecule has 1 unspecified atom stereocenters. The summed E-state index contributed by atoms with van der Waals surface area (Å²) in [6, 6.07) is 2.64. The van der Waals surface area contributed by atoms with Crippen molar-refractivity contribution in [3.05, 3.63) is 24.0 Å². The lowest BCUT2D eigenvalue weighted by atomic mass is 9.84. The largest absolute Gasteiger partial charge is 0.490 e. The molecule has 1 aromatic heterocycles. The van der Waals surface area contributed by atoms with Crippen molar-refractivity contribution in [2.45, 2.75) is 63.7 Å². The molecular formula is C19H28N2O4. The topological polar surface area (TPSA) is 106 Å². The molecule has 0 saturated heterocycles. The maximum atomic E-state index is 11.7. The molecule has 0 aromatic carbocycles. The van der Waals surface area contributed by atoms with E-state index >= 15 is 0 Å². The third-order valence-electron chi connectivity index (χ3n) is 5.45. The van der Waals surface area contributed by atoms with Crippen molar-refractivity contribution in [2.24, 2.45) is 23.5 Å². The van der Waals surface area contributed by atoms with Crippen LogP contribution in [0.1, 0.15) is 45.2 Å². The molecule has 2 aliphatic carbocycles. The van der Waals surface area contributed by atoms with Gasteiger partial charge in [0, 0.05) is 30.4 Å². The van der Waals surface area contributed by atoms with Crippen LogP contribution in [0.2, 0.25) is 0 Å². The lowest BCUT2D eigenvalue weighted by molar-refractivity contribution is -0.161. The molecule has 1 heterocycles. The van der Waals surface area contributed by atoms with Crippen molar-refractivity contribution >= 4 is 5.97 Å². The molecular weight excluding hydrogens is 320 g/mol. The monoisotopic (exact) mass is 348 g/mol. The maximum Gasteiger partial charge on any atom is 0.337 e. The number of aliphatic carboxylic acids is 1. The van der Waals surface area contributed by atoms with Crippen LogP contribution in [-0.2, 0) is 11.2 Å². The van der Waals surface area contributed by atoms with E-state index in [0.29, 0.717) is 17.9 Å². The first-order valence-electron chi connectivity index (χ1n) is 9.11. The summed E-state index contributed by atoms with van der Waals surface area (Å²) < 4.78 is 6.02. The number of rotatable bonds is 8. The molecule has 2 aliphatic rings.